The van der Waals surface area contributed by atoms with Crippen molar-refractivity contribution in [2.45, 2.75) is 24.5 Å². The Kier molecular flexibility index (Phi) is 5.49. The monoisotopic (exact) mass is 398 g/mol. The van der Waals surface area contributed by atoms with Gasteiger partial charge in [0.1, 0.15) is 18.5 Å². The molecule has 152 valence electrons. The molecule has 1 fully saturated rings. The molecule has 0 radical (unpaired) electrons. The highest BCUT2D eigenvalue weighted by Crippen LogP contribution is 2.45. The minimum absolute atomic E-state index is 0.0565. The Balaban J connectivity index is 1.78. The predicted octanol–water partition coefficient (Wildman–Crippen LogP) is 2.43. The summed E-state index contributed by atoms with van der Waals surface area (Å²) in [7, 11) is 1.51. The van der Waals surface area contributed by atoms with Gasteiger partial charge in [0.15, 0.2) is 0 Å². The van der Waals surface area contributed by atoms with E-state index in [4.69, 9.17) is 9.47 Å². The fourth-order valence-electron chi connectivity index (χ4n) is 3.96. The van der Waals surface area contributed by atoms with Gasteiger partial charge in [0.25, 0.3) is 11.8 Å². The maximum atomic E-state index is 13.8. The van der Waals surface area contributed by atoms with Crippen LogP contribution in [0.15, 0.2) is 42.5 Å². The van der Waals surface area contributed by atoms with Crippen molar-refractivity contribution in [3.63, 3.8) is 0 Å². The Hall–Kier alpha value is -2.93. The molecule has 2 aliphatic heterocycles. The first kappa shape index (κ1) is 19.4. The van der Waals surface area contributed by atoms with Crippen molar-refractivity contribution in [1.29, 1.82) is 0 Å². The molecule has 2 aliphatic rings. The van der Waals surface area contributed by atoms with Gasteiger partial charge < -0.3 is 20.1 Å². The third-order valence-corrected chi connectivity index (χ3v) is 5.40. The van der Waals surface area contributed by atoms with E-state index in [9.17, 15) is 14.0 Å². The van der Waals surface area contributed by atoms with Crippen LogP contribution in [0.1, 0.15) is 44.2 Å². The van der Waals surface area contributed by atoms with Crippen LogP contribution in [0.3, 0.4) is 0 Å². The quantitative estimate of drug-likeness (QED) is 0.811. The highest BCUT2D eigenvalue weighted by molar-refractivity contribution is 6.02. The molecule has 29 heavy (non-hydrogen) atoms. The van der Waals surface area contributed by atoms with Crippen molar-refractivity contribution in [2.24, 2.45) is 0 Å². The zero-order chi connectivity index (χ0) is 20.4. The van der Waals surface area contributed by atoms with Gasteiger partial charge in [-0.15, -0.1) is 0 Å². The van der Waals surface area contributed by atoms with Gasteiger partial charge in [0.2, 0.25) is 0 Å². The molecule has 0 aliphatic carbocycles. The van der Waals surface area contributed by atoms with E-state index in [0.29, 0.717) is 30.1 Å². The van der Waals surface area contributed by atoms with Gasteiger partial charge in [-0.2, -0.15) is 0 Å². The standard InChI is InChI=1S/C22H23FN2O4/c1-24-22(27)17-10-14(21(26)25-15-7-8-28-12-15)9-16-19(13-5-3-2-4-6-13)18(11-23)29-20(16)17/h2-6,9-10,15,18-19H,7-8,11-12H2,1H3,(H,24,27)(H,25,26)/t15?,18-,19+/m1/s1. The van der Waals surface area contributed by atoms with Crippen molar-refractivity contribution < 1.29 is 23.5 Å². The molecule has 2 aromatic rings. The Labute approximate surface area is 168 Å². The molecule has 1 unspecified atom stereocenters. The highest BCUT2D eigenvalue weighted by Gasteiger charge is 2.39. The lowest BCUT2D eigenvalue weighted by molar-refractivity contribution is 0.0930. The summed E-state index contributed by atoms with van der Waals surface area (Å²) in [6.07, 6.45) is -0.00378. The van der Waals surface area contributed by atoms with E-state index < -0.39 is 18.7 Å². The van der Waals surface area contributed by atoms with E-state index in [0.717, 1.165) is 12.0 Å². The molecule has 3 atom stereocenters. The number of halogens is 1. The van der Waals surface area contributed by atoms with E-state index in [1.54, 1.807) is 6.07 Å². The van der Waals surface area contributed by atoms with Gasteiger partial charge in [0.05, 0.1) is 24.1 Å². The second-order valence-electron chi connectivity index (χ2n) is 7.25. The van der Waals surface area contributed by atoms with E-state index in [-0.39, 0.29) is 23.4 Å². The maximum absolute atomic E-state index is 13.8. The van der Waals surface area contributed by atoms with Crippen LogP contribution >= 0.6 is 0 Å². The second kappa shape index (κ2) is 8.21. The summed E-state index contributed by atoms with van der Waals surface area (Å²) in [5.74, 6) is -0.737. The summed E-state index contributed by atoms with van der Waals surface area (Å²) in [6.45, 7) is 0.377. The summed E-state index contributed by atoms with van der Waals surface area (Å²) in [6, 6.07) is 12.6. The molecule has 0 aromatic heterocycles. The molecule has 2 N–H and O–H groups in total. The third-order valence-electron chi connectivity index (χ3n) is 5.40. The van der Waals surface area contributed by atoms with Crippen molar-refractivity contribution in [2.75, 3.05) is 26.9 Å². The lowest BCUT2D eigenvalue weighted by Crippen LogP contribution is -2.35. The molecule has 6 nitrogen and oxygen atoms in total. The average molecular weight is 398 g/mol. The molecule has 7 heteroatoms. The zero-order valence-electron chi connectivity index (χ0n) is 16.1. The molecule has 1 saturated heterocycles. The first-order valence-electron chi connectivity index (χ1n) is 9.68. The number of carbonyl (C=O) groups excluding carboxylic acids is 2. The van der Waals surface area contributed by atoms with Crippen LogP contribution in [0.25, 0.3) is 0 Å². The summed E-state index contributed by atoms with van der Waals surface area (Å²) >= 11 is 0. The van der Waals surface area contributed by atoms with Gasteiger partial charge in [-0.25, -0.2) is 4.39 Å². The Bertz CT molecular complexity index is 913. The number of benzene rings is 2. The van der Waals surface area contributed by atoms with Crippen molar-refractivity contribution in [1.82, 2.24) is 10.6 Å². The van der Waals surface area contributed by atoms with E-state index >= 15 is 0 Å². The van der Waals surface area contributed by atoms with Crippen LogP contribution in [0.5, 0.6) is 5.75 Å². The molecule has 2 aromatic carbocycles. The molecule has 2 heterocycles. The first-order valence-corrected chi connectivity index (χ1v) is 9.68. The zero-order valence-corrected chi connectivity index (χ0v) is 16.1. The number of amides is 2. The highest BCUT2D eigenvalue weighted by atomic mass is 19.1. The lowest BCUT2D eigenvalue weighted by atomic mass is 9.86. The number of rotatable bonds is 5. The van der Waals surface area contributed by atoms with Crippen LogP contribution in [0, 0.1) is 0 Å². The molecule has 0 bridgehead atoms. The number of alkyl halides is 1. The lowest BCUT2D eigenvalue weighted by Gasteiger charge is -2.17. The molecular formula is C22H23FN2O4. The Morgan fingerprint density at radius 2 is 1.97 bits per heavy atom. The van der Waals surface area contributed by atoms with Crippen LogP contribution in [-0.4, -0.2) is 50.9 Å². The number of nitrogens with one attached hydrogen (secondary N) is 2. The number of hydrogen-bond acceptors (Lipinski definition) is 4. The topological polar surface area (TPSA) is 76.7 Å². The van der Waals surface area contributed by atoms with Crippen molar-refractivity contribution >= 4 is 11.8 Å². The number of fused-ring (bicyclic) bond motifs is 1. The fraction of sp³-hybridized carbons (Fsp3) is 0.364. The maximum Gasteiger partial charge on any atom is 0.254 e. The minimum Gasteiger partial charge on any atom is -0.486 e. The fourth-order valence-corrected chi connectivity index (χ4v) is 3.96. The Morgan fingerprint density at radius 1 is 1.17 bits per heavy atom. The van der Waals surface area contributed by atoms with Crippen molar-refractivity contribution in [3.8, 4) is 5.75 Å². The van der Waals surface area contributed by atoms with Gasteiger partial charge in [-0.05, 0) is 24.1 Å². The molecule has 0 spiro atoms. The minimum atomic E-state index is -0.752. The smallest absolute Gasteiger partial charge is 0.254 e. The molecule has 4 rings (SSSR count). The van der Waals surface area contributed by atoms with E-state index in [1.165, 1.54) is 13.1 Å². The first-order chi connectivity index (χ1) is 14.1. The van der Waals surface area contributed by atoms with Crippen LogP contribution in [0.2, 0.25) is 0 Å². The SMILES string of the molecule is CNC(=O)c1cc(C(=O)NC2CCOC2)cc2c1O[C@H](CF)[C@H]2c1ccccc1. The predicted molar refractivity (Wildman–Crippen MR) is 105 cm³/mol. The van der Waals surface area contributed by atoms with Gasteiger partial charge in [-0.1, -0.05) is 30.3 Å². The normalized spacial score (nSPS) is 22.6. The number of hydrogen-bond donors (Lipinski definition) is 2. The summed E-state index contributed by atoms with van der Waals surface area (Å²) in [5.41, 5.74) is 2.10. The summed E-state index contributed by atoms with van der Waals surface area (Å²) in [4.78, 5) is 25.3. The van der Waals surface area contributed by atoms with Gasteiger partial charge in [-0.3, -0.25) is 9.59 Å². The van der Waals surface area contributed by atoms with Crippen molar-refractivity contribution in [3.05, 3.63) is 64.7 Å². The van der Waals surface area contributed by atoms with Crippen LogP contribution < -0.4 is 15.4 Å². The van der Waals surface area contributed by atoms with E-state index in [2.05, 4.69) is 10.6 Å². The molecular weight excluding hydrogens is 375 g/mol. The average Bonchev–Trinajstić information content (AvgIpc) is 3.40. The molecule has 0 saturated carbocycles. The number of carbonyl (C=O) groups is 2. The molecule has 2 amide bonds. The van der Waals surface area contributed by atoms with Gasteiger partial charge >= 0.3 is 0 Å². The van der Waals surface area contributed by atoms with Crippen LogP contribution in [0.4, 0.5) is 4.39 Å². The second-order valence-corrected chi connectivity index (χ2v) is 7.25. The van der Waals surface area contributed by atoms with Crippen LogP contribution in [-0.2, 0) is 4.74 Å². The third kappa shape index (κ3) is 3.70. The summed E-state index contributed by atoms with van der Waals surface area (Å²) < 4.78 is 25.0. The largest absolute Gasteiger partial charge is 0.486 e. The van der Waals surface area contributed by atoms with E-state index in [1.807, 2.05) is 30.3 Å². The number of ether oxygens (including phenoxy) is 2. The summed E-state index contributed by atoms with van der Waals surface area (Å²) in [5, 5.41) is 5.51. The van der Waals surface area contributed by atoms with Gasteiger partial charge in [0, 0.05) is 24.8 Å². The Morgan fingerprint density at radius 3 is 2.62 bits per heavy atom.